The number of fused-ring (bicyclic) bond motifs is 4. The lowest BCUT2D eigenvalue weighted by molar-refractivity contribution is 0.620. The summed E-state index contributed by atoms with van der Waals surface area (Å²) < 4.78 is 12.0. The van der Waals surface area contributed by atoms with Crippen molar-refractivity contribution >= 4 is 44.6 Å². The Morgan fingerprint density at radius 2 is 1.31 bits per heavy atom. The highest BCUT2D eigenvalue weighted by atomic mass is 35.5. The molecule has 2 heterocycles. The molecule has 29 heavy (non-hydrogen) atoms. The van der Waals surface area contributed by atoms with Crippen molar-refractivity contribution in [2.75, 3.05) is 0 Å². The van der Waals surface area contributed by atoms with Gasteiger partial charge in [0.15, 0.2) is 5.58 Å². The lowest BCUT2D eigenvalue weighted by Gasteiger charge is -2.02. The molecule has 4 heteroatoms. The minimum absolute atomic E-state index is 0.597. The van der Waals surface area contributed by atoms with Crippen molar-refractivity contribution < 1.29 is 8.83 Å². The maximum atomic E-state index is 6.08. The van der Waals surface area contributed by atoms with Crippen molar-refractivity contribution in [2.45, 2.75) is 0 Å². The van der Waals surface area contributed by atoms with Crippen LogP contribution in [0.25, 0.3) is 55.6 Å². The second-order valence-corrected chi connectivity index (χ2v) is 7.46. The van der Waals surface area contributed by atoms with Crippen LogP contribution >= 0.6 is 11.6 Å². The topological polar surface area (TPSA) is 39.2 Å². The molecule has 0 spiro atoms. The van der Waals surface area contributed by atoms with E-state index in [9.17, 15) is 0 Å². The SMILES string of the molecule is Clc1ccc2c(c1)oc1cc3nc(-c4ccc(-c5ccccc5)cc4)oc3cc12. The van der Waals surface area contributed by atoms with Gasteiger partial charge in [0.1, 0.15) is 16.7 Å². The maximum Gasteiger partial charge on any atom is 0.227 e. The molecule has 0 atom stereocenters. The zero-order valence-electron chi connectivity index (χ0n) is 15.2. The van der Waals surface area contributed by atoms with E-state index in [-0.39, 0.29) is 0 Å². The number of furan rings is 1. The summed E-state index contributed by atoms with van der Waals surface area (Å²) in [7, 11) is 0. The molecule has 138 valence electrons. The monoisotopic (exact) mass is 395 g/mol. The molecule has 0 saturated heterocycles. The van der Waals surface area contributed by atoms with Gasteiger partial charge in [0, 0.05) is 33.5 Å². The van der Waals surface area contributed by atoms with Gasteiger partial charge in [-0.2, -0.15) is 0 Å². The summed E-state index contributed by atoms with van der Waals surface area (Å²) in [4.78, 5) is 4.67. The zero-order chi connectivity index (χ0) is 19.4. The quantitative estimate of drug-likeness (QED) is 0.301. The van der Waals surface area contributed by atoms with Gasteiger partial charge in [-0.15, -0.1) is 0 Å². The summed E-state index contributed by atoms with van der Waals surface area (Å²) in [5, 5.41) is 2.65. The van der Waals surface area contributed by atoms with E-state index >= 15 is 0 Å². The third kappa shape index (κ3) is 2.71. The Hall–Kier alpha value is -3.56. The number of rotatable bonds is 2. The van der Waals surface area contributed by atoms with Crippen LogP contribution in [0.3, 0.4) is 0 Å². The molecule has 0 aliphatic rings. The lowest BCUT2D eigenvalue weighted by atomic mass is 10.0. The Morgan fingerprint density at radius 3 is 2.14 bits per heavy atom. The molecule has 0 saturated carbocycles. The van der Waals surface area contributed by atoms with Crippen molar-refractivity contribution in [2.24, 2.45) is 0 Å². The number of halogens is 1. The van der Waals surface area contributed by atoms with Gasteiger partial charge in [0.25, 0.3) is 0 Å². The summed E-state index contributed by atoms with van der Waals surface area (Å²) in [5.74, 6) is 0.597. The van der Waals surface area contributed by atoms with Crippen LogP contribution in [0.4, 0.5) is 0 Å². The number of oxazole rings is 1. The van der Waals surface area contributed by atoms with Crippen molar-refractivity contribution in [1.29, 1.82) is 0 Å². The van der Waals surface area contributed by atoms with Gasteiger partial charge in [-0.1, -0.05) is 54.1 Å². The summed E-state index contributed by atoms with van der Waals surface area (Å²) in [6.45, 7) is 0. The van der Waals surface area contributed by atoms with Crippen LogP contribution in [0.2, 0.25) is 5.02 Å². The van der Waals surface area contributed by atoms with Crippen molar-refractivity contribution in [3.8, 4) is 22.6 Å². The normalized spacial score (nSPS) is 11.6. The molecule has 4 aromatic carbocycles. The number of hydrogen-bond acceptors (Lipinski definition) is 3. The predicted octanol–water partition coefficient (Wildman–Crippen LogP) is 7.71. The van der Waals surface area contributed by atoms with Gasteiger partial charge in [0.2, 0.25) is 5.89 Å². The number of aromatic nitrogens is 1. The first kappa shape index (κ1) is 16.4. The average molecular weight is 396 g/mol. The third-order valence-corrected chi connectivity index (χ3v) is 5.42. The largest absolute Gasteiger partial charge is 0.456 e. The molecule has 3 nitrogen and oxygen atoms in total. The Labute approximate surface area is 171 Å². The second-order valence-electron chi connectivity index (χ2n) is 7.02. The highest BCUT2D eigenvalue weighted by Crippen LogP contribution is 2.35. The van der Waals surface area contributed by atoms with Crippen LogP contribution < -0.4 is 0 Å². The van der Waals surface area contributed by atoms with Crippen LogP contribution in [0.1, 0.15) is 0 Å². The summed E-state index contributed by atoms with van der Waals surface area (Å²) in [5.41, 5.74) is 6.32. The van der Waals surface area contributed by atoms with E-state index in [1.807, 2.05) is 60.7 Å². The Balaban J connectivity index is 1.44. The van der Waals surface area contributed by atoms with Crippen LogP contribution in [0.15, 0.2) is 93.8 Å². The van der Waals surface area contributed by atoms with Crippen LogP contribution in [0, 0.1) is 0 Å². The van der Waals surface area contributed by atoms with E-state index in [1.165, 1.54) is 5.56 Å². The first-order chi connectivity index (χ1) is 14.2. The van der Waals surface area contributed by atoms with Crippen molar-refractivity contribution in [3.05, 3.63) is 90.0 Å². The molecule has 0 amide bonds. The van der Waals surface area contributed by atoms with Crippen LogP contribution in [0.5, 0.6) is 0 Å². The van der Waals surface area contributed by atoms with Gasteiger partial charge in [-0.05, 0) is 41.5 Å². The Bertz CT molecular complexity index is 1500. The van der Waals surface area contributed by atoms with E-state index in [1.54, 1.807) is 0 Å². The number of nitrogens with zero attached hydrogens (tertiary/aromatic N) is 1. The minimum Gasteiger partial charge on any atom is -0.456 e. The Kier molecular flexibility index (Phi) is 3.52. The second kappa shape index (κ2) is 6.23. The number of hydrogen-bond donors (Lipinski definition) is 0. The van der Waals surface area contributed by atoms with Gasteiger partial charge < -0.3 is 8.83 Å². The molecule has 6 aromatic rings. The molecule has 0 unspecified atom stereocenters. The van der Waals surface area contributed by atoms with E-state index in [0.717, 1.165) is 44.2 Å². The highest BCUT2D eigenvalue weighted by molar-refractivity contribution is 6.31. The standard InChI is InChI=1S/C25H14ClNO2/c26-18-10-11-19-20-13-24-21(14-23(20)28-22(19)12-18)27-25(29-24)17-8-6-16(7-9-17)15-4-2-1-3-5-15/h1-14H. The molecule has 0 aliphatic carbocycles. The van der Waals surface area contributed by atoms with E-state index < -0.39 is 0 Å². The zero-order valence-corrected chi connectivity index (χ0v) is 16.0. The maximum absolute atomic E-state index is 6.08. The van der Waals surface area contributed by atoms with Crippen LogP contribution in [-0.2, 0) is 0 Å². The Morgan fingerprint density at radius 1 is 0.586 bits per heavy atom. The fourth-order valence-corrected chi connectivity index (χ4v) is 3.89. The molecule has 2 aromatic heterocycles. The van der Waals surface area contributed by atoms with Gasteiger partial charge >= 0.3 is 0 Å². The molecular formula is C25H14ClNO2. The average Bonchev–Trinajstić information content (AvgIpc) is 3.32. The van der Waals surface area contributed by atoms with E-state index in [0.29, 0.717) is 10.9 Å². The molecule has 0 fully saturated rings. The molecule has 0 radical (unpaired) electrons. The fraction of sp³-hybridized carbons (Fsp3) is 0. The summed E-state index contributed by atoms with van der Waals surface area (Å²) in [6, 6.07) is 28.1. The number of benzene rings is 4. The van der Waals surface area contributed by atoms with Gasteiger partial charge in [-0.25, -0.2) is 4.98 Å². The van der Waals surface area contributed by atoms with Gasteiger partial charge in [-0.3, -0.25) is 0 Å². The highest BCUT2D eigenvalue weighted by Gasteiger charge is 2.14. The minimum atomic E-state index is 0.597. The van der Waals surface area contributed by atoms with Crippen molar-refractivity contribution in [3.63, 3.8) is 0 Å². The smallest absolute Gasteiger partial charge is 0.227 e. The molecule has 6 rings (SSSR count). The molecule has 0 N–H and O–H groups in total. The van der Waals surface area contributed by atoms with Crippen molar-refractivity contribution in [1.82, 2.24) is 4.98 Å². The fourth-order valence-electron chi connectivity index (χ4n) is 3.73. The first-order valence-corrected chi connectivity index (χ1v) is 9.71. The first-order valence-electron chi connectivity index (χ1n) is 9.33. The van der Waals surface area contributed by atoms with Gasteiger partial charge in [0.05, 0.1) is 0 Å². The summed E-state index contributed by atoms with van der Waals surface area (Å²) in [6.07, 6.45) is 0. The van der Waals surface area contributed by atoms with Crippen LogP contribution in [-0.4, -0.2) is 4.98 Å². The van der Waals surface area contributed by atoms with E-state index in [2.05, 4.69) is 29.2 Å². The van der Waals surface area contributed by atoms with E-state index in [4.69, 9.17) is 20.4 Å². The molecule has 0 bridgehead atoms. The molecular weight excluding hydrogens is 382 g/mol. The molecule has 0 aliphatic heterocycles. The third-order valence-electron chi connectivity index (χ3n) is 5.18. The summed E-state index contributed by atoms with van der Waals surface area (Å²) >= 11 is 6.08. The predicted molar refractivity (Wildman–Crippen MR) is 117 cm³/mol. The lowest BCUT2D eigenvalue weighted by Crippen LogP contribution is -1.80.